The van der Waals surface area contributed by atoms with Gasteiger partial charge >= 0.3 is 0 Å². The minimum Gasteiger partial charge on any atom is -0.375 e. The van der Waals surface area contributed by atoms with Crippen molar-refractivity contribution in [3.63, 3.8) is 0 Å². The molecule has 1 saturated heterocycles. The van der Waals surface area contributed by atoms with E-state index in [-0.39, 0.29) is 0 Å². The molecule has 4 rings (SSSR count). The third kappa shape index (κ3) is 2.92. The zero-order valence-corrected chi connectivity index (χ0v) is 13.2. The Morgan fingerprint density at radius 3 is 3.00 bits per heavy atom. The van der Waals surface area contributed by atoms with Crippen molar-refractivity contribution in [3.05, 3.63) is 42.2 Å². The first-order valence-corrected chi connectivity index (χ1v) is 8.13. The van der Waals surface area contributed by atoms with Crippen LogP contribution in [0.1, 0.15) is 18.7 Å². The van der Waals surface area contributed by atoms with Crippen LogP contribution in [0, 0.1) is 6.92 Å². The number of hydrogen-bond donors (Lipinski definition) is 2. The molecule has 1 aliphatic heterocycles. The SMILES string of the molecule is Cc1nc2cc(-c3ccccc3)[nH]c2c(NCC2CCCO2)[nH+]1. The molecule has 23 heavy (non-hydrogen) atoms. The predicted octanol–water partition coefficient (Wildman–Crippen LogP) is 2.94. The summed E-state index contributed by atoms with van der Waals surface area (Å²) in [7, 11) is 0. The Bertz CT molecular complexity index is 807. The van der Waals surface area contributed by atoms with Crippen LogP contribution in [-0.2, 0) is 4.74 Å². The molecule has 3 aromatic rings. The topological polar surface area (TPSA) is 64.1 Å². The van der Waals surface area contributed by atoms with Gasteiger partial charge in [-0.05, 0) is 18.4 Å². The number of ether oxygens (including phenoxy) is 1. The first kappa shape index (κ1) is 14.2. The van der Waals surface area contributed by atoms with Crippen LogP contribution in [0.3, 0.4) is 0 Å². The van der Waals surface area contributed by atoms with Crippen molar-refractivity contribution < 1.29 is 9.72 Å². The van der Waals surface area contributed by atoms with E-state index in [1.165, 1.54) is 0 Å². The lowest BCUT2D eigenvalue weighted by atomic mass is 10.2. The number of aryl methyl sites for hydroxylation is 1. The Morgan fingerprint density at radius 2 is 2.22 bits per heavy atom. The number of benzene rings is 1. The monoisotopic (exact) mass is 309 g/mol. The lowest BCUT2D eigenvalue weighted by molar-refractivity contribution is -0.374. The van der Waals surface area contributed by atoms with E-state index in [9.17, 15) is 0 Å². The molecule has 5 nitrogen and oxygen atoms in total. The van der Waals surface area contributed by atoms with Crippen molar-refractivity contribution in [2.75, 3.05) is 18.5 Å². The summed E-state index contributed by atoms with van der Waals surface area (Å²) in [4.78, 5) is 11.4. The summed E-state index contributed by atoms with van der Waals surface area (Å²) in [6.07, 6.45) is 2.58. The maximum Gasteiger partial charge on any atom is 0.247 e. The van der Waals surface area contributed by atoms with E-state index >= 15 is 0 Å². The average molecular weight is 309 g/mol. The van der Waals surface area contributed by atoms with Gasteiger partial charge in [-0.15, -0.1) is 4.98 Å². The number of H-pyrrole nitrogens is 2. The van der Waals surface area contributed by atoms with Gasteiger partial charge < -0.3 is 15.0 Å². The van der Waals surface area contributed by atoms with Gasteiger partial charge in [-0.1, -0.05) is 30.3 Å². The van der Waals surface area contributed by atoms with Crippen LogP contribution in [0.2, 0.25) is 0 Å². The van der Waals surface area contributed by atoms with Crippen molar-refractivity contribution in [2.45, 2.75) is 25.9 Å². The van der Waals surface area contributed by atoms with E-state index in [0.29, 0.717) is 6.10 Å². The second-order valence-corrected chi connectivity index (χ2v) is 6.02. The molecule has 3 heterocycles. The van der Waals surface area contributed by atoms with E-state index in [1.807, 2.05) is 25.1 Å². The van der Waals surface area contributed by atoms with Crippen molar-refractivity contribution in [1.82, 2.24) is 9.97 Å². The van der Waals surface area contributed by atoms with Gasteiger partial charge in [0.05, 0.1) is 12.6 Å². The second kappa shape index (κ2) is 6.01. The third-order valence-corrected chi connectivity index (χ3v) is 4.26. The Labute approximate surface area is 135 Å². The molecule has 2 aromatic heterocycles. The fourth-order valence-corrected chi connectivity index (χ4v) is 3.10. The van der Waals surface area contributed by atoms with Crippen molar-refractivity contribution >= 4 is 16.9 Å². The van der Waals surface area contributed by atoms with Gasteiger partial charge in [-0.3, -0.25) is 0 Å². The number of fused-ring (bicyclic) bond motifs is 1. The zero-order chi connectivity index (χ0) is 15.6. The Kier molecular flexibility index (Phi) is 3.71. The molecule has 0 radical (unpaired) electrons. The molecule has 118 valence electrons. The number of aromatic nitrogens is 3. The molecular weight excluding hydrogens is 288 g/mol. The highest BCUT2D eigenvalue weighted by Gasteiger charge is 2.20. The highest BCUT2D eigenvalue weighted by Crippen LogP contribution is 2.25. The lowest BCUT2D eigenvalue weighted by Crippen LogP contribution is -2.24. The third-order valence-electron chi connectivity index (χ3n) is 4.26. The smallest absolute Gasteiger partial charge is 0.247 e. The maximum atomic E-state index is 5.69. The van der Waals surface area contributed by atoms with Gasteiger partial charge in [0.1, 0.15) is 0 Å². The summed E-state index contributed by atoms with van der Waals surface area (Å²) in [5.74, 6) is 1.87. The van der Waals surface area contributed by atoms with E-state index in [0.717, 1.165) is 59.9 Å². The fourth-order valence-electron chi connectivity index (χ4n) is 3.10. The molecule has 0 spiro atoms. The minimum atomic E-state index is 0.301. The normalized spacial score (nSPS) is 17.7. The van der Waals surface area contributed by atoms with Crippen molar-refractivity contribution in [1.29, 1.82) is 0 Å². The summed E-state index contributed by atoms with van der Waals surface area (Å²) < 4.78 is 5.69. The number of nitrogens with zero attached hydrogens (tertiary/aromatic N) is 1. The number of aromatic amines is 2. The van der Waals surface area contributed by atoms with Crippen LogP contribution in [0.25, 0.3) is 22.3 Å². The first-order valence-electron chi connectivity index (χ1n) is 8.13. The first-order chi connectivity index (χ1) is 11.3. The second-order valence-electron chi connectivity index (χ2n) is 6.02. The summed E-state index contributed by atoms with van der Waals surface area (Å²) >= 11 is 0. The van der Waals surface area contributed by atoms with Crippen LogP contribution in [0.15, 0.2) is 36.4 Å². The molecule has 1 atom stereocenters. The summed E-state index contributed by atoms with van der Waals surface area (Å²) in [6, 6.07) is 12.4. The summed E-state index contributed by atoms with van der Waals surface area (Å²) in [5, 5.41) is 3.48. The molecule has 0 saturated carbocycles. The van der Waals surface area contributed by atoms with Gasteiger partial charge in [0.25, 0.3) is 0 Å². The van der Waals surface area contributed by atoms with Crippen LogP contribution in [0.5, 0.6) is 0 Å². The molecule has 1 unspecified atom stereocenters. The van der Waals surface area contributed by atoms with Crippen molar-refractivity contribution in [3.8, 4) is 11.3 Å². The highest BCUT2D eigenvalue weighted by molar-refractivity contribution is 5.89. The van der Waals surface area contributed by atoms with Crippen LogP contribution in [0.4, 0.5) is 5.82 Å². The number of nitrogens with one attached hydrogen (secondary N) is 3. The quantitative estimate of drug-likeness (QED) is 0.779. The molecule has 1 fully saturated rings. The zero-order valence-electron chi connectivity index (χ0n) is 13.2. The van der Waals surface area contributed by atoms with Gasteiger partial charge in [0.2, 0.25) is 11.6 Å². The van der Waals surface area contributed by atoms with Crippen molar-refractivity contribution in [2.24, 2.45) is 0 Å². The average Bonchev–Trinajstić information content (AvgIpc) is 3.22. The molecular formula is C18H21N4O+. The Morgan fingerprint density at radius 1 is 1.35 bits per heavy atom. The standard InChI is InChI=1S/C18H20N4O/c1-12-20-16-10-15(13-6-3-2-4-7-13)22-17(16)18(21-12)19-11-14-8-5-9-23-14/h2-4,6-7,10,14,22H,5,8-9,11H2,1H3,(H,19,20,21)/p+1. The number of hydrogen-bond acceptors (Lipinski definition) is 3. The molecule has 5 heteroatoms. The Balaban J connectivity index is 1.67. The predicted molar refractivity (Wildman–Crippen MR) is 90.3 cm³/mol. The van der Waals surface area contributed by atoms with Gasteiger partial charge in [0.15, 0.2) is 11.0 Å². The van der Waals surface area contributed by atoms with E-state index in [2.05, 4.69) is 38.5 Å². The van der Waals surface area contributed by atoms with E-state index < -0.39 is 0 Å². The highest BCUT2D eigenvalue weighted by atomic mass is 16.5. The molecule has 0 bridgehead atoms. The van der Waals surface area contributed by atoms with Gasteiger partial charge in [-0.25, -0.2) is 4.98 Å². The molecule has 0 aliphatic carbocycles. The van der Waals surface area contributed by atoms with Crippen LogP contribution < -0.4 is 10.3 Å². The summed E-state index contributed by atoms with van der Waals surface area (Å²) in [5.41, 5.74) is 4.21. The van der Waals surface area contributed by atoms with Crippen LogP contribution >= 0.6 is 0 Å². The summed E-state index contributed by atoms with van der Waals surface area (Å²) in [6.45, 7) is 3.67. The van der Waals surface area contributed by atoms with Gasteiger partial charge in [0, 0.05) is 25.3 Å². The molecule has 1 aromatic carbocycles. The molecule has 1 aliphatic rings. The number of rotatable bonds is 4. The lowest BCUT2D eigenvalue weighted by Gasteiger charge is -2.08. The van der Waals surface area contributed by atoms with E-state index in [4.69, 9.17) is 4.74 Å². The van der Waals surface area contributed by atoms with Gasteiger partial charge in [-0.2, -0.15) is 0 Å². The van der Waals surface area contributed by atoms with Crippen LogP contribution in [-0.4, -0.2) is 29.2 Å². The minimum absolute atomic E-state index is 0.301. The molecule has 0 amide bonds. The fraction of sp³-hybridized carbons (Fsp3) is 0.333. The number of anilines is 1. The largest absolute Gasteiger partial charge is 0.375 e. The van der Waals surface area contributed by atoms with E-state index in [1.54, 1.807) is 0 Å². The molecule has 3 N–H and O–H groups in total. The maximum absolute atomic E-state index is 5.69. The Hall–Kier alpha value is -2.40.